The largest absolute Gasteiger partial charge is 0.458 e. The molecule has 7 aliphatic rings. The quantitative estimate of drug-likeness (QED) is 0.393. The highest BCUT2D eigenvalue weighted by Crippen LogP contribution is 2.83. The third-order valence-electron chi connectivity index (χ3n) is 9.42. The van der Waals surface area contributed by atoms with Crippen LogP contribution >= 0.6 is 11.8 Å². The molecule has 7 heteroatoms. The summed E-state index contributed by atoms with van der Waals surface area (Å²) in [5.41, 5.74) is 0.935. The van der Waals surface area contributed by atoms with Gasteiger partial charge < -0.3 is 23.7 Å². The summed E-state index contributed by atoms with van der Waals surface area (Å²) in [4.78, 5) is 12.2. The molecule has 0 bridgehead atoms. The average Bonchev–Trinajstić information content (AvgIpc) is 3.58. The molecule has 0 aromatic rings. The van der Waals surface area contributed by atoms with Gasteiger partial charge in [-0.25, -0.2) is 4.79 Å². The Hall–Kier alpha value is -0.600. The van der Waals surface area contributed by atoms with Gasteiger partial charge in [-0.15, -0.1) is 11.8 Å². The first kappa shape index (κ1) is 18.0. The number of thioether (sulfide) groups is 1. The van der Waals surface area contributed by atoms with Gasteiger partial charge in [0.2, 0.25) is 0 Å². The van der Waals surface area contributed by atoms with Gasteiger partial charge in [0.05, 0.1) is 12.0 Å². The van der Waals surface area contributed by atoms with E-state index in [-0.39, 0.29) is 52.9 Å². The molecule has 0 radical (unpaired) electrons. The molecule has 4 aliphatic heterocycles. The highest BCUT2D eigenvalue weighted by atomic mass is 32.2. The zero-order valence-electron chi connectivity index (χ0n) is 17.4. The van der Waals surface area contributed by atoms with E-state index in [1.165, 1.54) is 5.57 Å². The minimum atomic E-state index is -0.419. The summed E-state index contributed by atoms with van der Waals surface area (Å²) >= 11 is 1.69. The molecule has 158 valence electrons. The number of rotatable bonds is 4. The van der Waals surface area contributed by atoms with Crippen molar-refractivity contribution < 1.29 is 28.5 Å². The van der Waals surface area contributed by atoms with Crippen LogP contribution < -0.4 is 0 Å². The summed E-state index contributed by atoms with van der Waals surface area (Å²) in [7, 11) is 0. The number of esters is 1. The van der Waals surface area contributed by atoms with Gasteiger partial charge in [-0.05, 0) is 42.9 Å². The molecule has 6 nitrogen and oxygen atoms in total. The predicted octanol–water partition coefficient (Wildman–Crippen LogP) is 2.45. The monoisotopic (exact) mass is 420 g/mol. The molecule has 29 heavy (non-hydrogen) atoms. The standard InChI is InChI=1S/C22H28O6S/c1-10(2)20-15(27-20)16-22(28-16)19(3)6-5-11-12(8-24-17(11)23)13(19)7-14-21(22,26-14)18(20)25-9-29-4/h10,13-16,18H,5-9H2,1-4H3/t13-,14-,15-,16-,18+,19-,20-,21+,22+/m0/s1. The molecule has 9 atom stereocenters. The smallest absolute Gasteiger partial charge is 0.334 e. The van der Waals surface area contributed by atoms with Crippen LogP contribution in [0.4, 0.5) is 0 Å². The van der Waals surface area contributed by atoms with Crippen molar-refractivity contribution in [1.29, 1.82) is 0 Å². The van der Waals surface area contributed by atoms with Crippen LogP contribution in [-0.4, -0.2) is 66.0 Å². The molecule has 3 aliphatic carbocycles. The first-order valence-electron chi connectivity index (χ1n) is 10.9. The molecule has 0 aromatic carbocycles. The molecular weight excluding hydrogens is 392 g/mol. The van der Waals surface area contributed by atoms with Crippen LogP contribution in [0, 0.1) is 17.3 Å². The number of cyclic esters (lactones) is 1. The summed E-state index contributed by atoms with van der Waals surface area (Å²) in [5, 5.41) is 0. The number of hydrogen-bond donors (Lipinski definition) is 0. The van der Waals surface area contributed by atoms with Crippen molar-refractivity contribution in [3.8, 4) is 0 Å². The molecule has 3 saturated heterocycles. The first-order valence-corrected chi connectivity index (χ1v) is 12.3. The third kappa shape index (κ3) is 1.65. The SMILES string of the molecule is CSCO[C@@H]1[C@@]2(C(C)C)O[C@H]2[C@@H]2O[C@]23[C@]12O[C@H]2C[C@H]1C2=C(CC[C@@]13C)C(=O)OC2. The van der Waals surface area contributed by atoms with Crippen LogP contribution in [0.15, 0.2) is 11.1 Å². The molecule has 2 spiro atoms. The summed E-state index contributed by atoms with van der Waals surface area (Å²) in [6.07, 6.45) is 4.83. The highest BCUT2D eigenvalue weighted by Gasteiger charge is 3.00. The molecular formula is C22H28O6S. The van der Waals surface area contributed by atoms with Gasteiger partial charge in [0.25, 0.3) is 0 Å². The fourth-order valence-electron chi connectivity index (χ4n) is 8.05. The van der Waals surface area contributed by atoms with Crippen molar-refractivity contribution in [2.75, 3.05) is 18.8 Å². The van der Waals surface area contributed by atoms with Crippen molar-refractivity contribution in [3.05, 3.63) is 11.1 Å². The van der Waals surface area contributed by atoms with E-state index in [0.717, 1.165) is 24.8 Å². The Bertz CT molecular complexity index is 871. The van der Waals surface area contributed by atoms with Gasteiger partial charge in [0.15, 0.2) is 5.60 Å². The second-order valence-corrected chi connectivity index (χ2v) is 11.3. The fourth-order valence-corrected chi connectivity index (χ4v) is 8.32. The lowest BCUT2D eigenvalue weighted by Crippen LogP contribution is -2.69. The lowest BCUT2D eigenvalue weighted by atomic mass is 9.46. The Morgan fingerprint density at radius 3 is 2.83 bits per heavy atom. The van der Waals surface area contributed by atoms with E-state index in [9.17, 15) is 4.79 Å². The van der Waals surface area contributed by atoms with Crippen LogP contribution in [0.25, 0.3) is 0 Å². The topological polar surface area (TPSA) is 73.1 Å². The van der Waals surface area contributed by atoms with Crippen LogP contribution in [0.1, 0.15) is 40.0 Å². The highest BCUT2D eigenvalue weighted by molar-refractivity contribution is 7.98. The second-order valence-electron chi connectivity index (χ2n) is 10.5. The molecule has 5 fully saturated rings. The van der Waals surface area contributed by atoms with Gasteiger partial charge in [-0.3, -0.25) is 0 Å². The Balaban J connectivity index is 1.36. The molecule has 0 unspecified atom stereocenters. The lowest BCUT2D eigenvalue weighted by Gasteiger charge is -2.54. The van der Waals surface area contributed by atoms with Crippen molar-refractivity contribution in [2.24, 2.45) is 17.3 Å². The number of hydrogen-bond acceptors (Lipinski definition) is 7. The molecule has 0 N–H and O–H groups in total. The number of fused-ring (bicyclic) bond motifs is 4. The van der Waals surface area contributed by atoms with Crippen molar-refractivity contribution in [3.63, 3.8) is 0 Å². The fraction of sp³-hybridized carbons (Fsp3) is 0.864. The minimum absolute atomic E-state index is 0.0667. The van der Waals surface area contributed by atoms with Crippen LogP contribution in [0.2, 0.25) is 0 Å². The predicted molar refractivity (Wildman–Crippen MR) is 104 cm³/mol. The summed E-state index contributed by atoms with van der Waals surface area (Å²) < 4.78 is 31.8. The summed E-state index contributed by atoms with van der Waals surface area (Å²) in [5.74, 6) is 1.13. The van der Waals surface area contributed by atoms with E-state index >= 15 is 0 Å². The van der Waals surface area contributed by atoms with Gasteiger partial charge in [0.1, 0.15) is 36.1 Å². The second kappa shape index (κ2) is 5.07. The summed E-state index contributed by atoms with van der Waals surface area (Å²) in [6.45, 7) is 7.26. The first-order chi connectivity index (χ1) is 13.9. The Kier molecular flexibility index (Phi) is 3.15. The van der Waals surface area contributed by atoms with Gasteiger partial charge in [0, 0.05) is 11.0 Å². The lowest BCUT2D eigenvalue weighted by molar-refractivity contribution is -0.136. The normalized spacial score (nSPS) is 57.8. The molecule has 2 saturated carbocycles. The van der Waals surface area contributed by atoms with E-state index in [1.807, 2.05) is 0 Å². The van der Waals surface area contributed by atoms with E-state index in [0.29, 0.717) is 18.5 Å². The Morgan fingerprint density at radius 2 is 2.07 bits per heavy atom. The van der Waals surface area contributed by atoms with Gasteiger partial charge in [-0.2, -0.15) is 0 Å². The van der Waals surface area contributed by atoms with Crippen molar-refractivity contribution >= 4 is 17.7 Å². The van der Waals surface area contributed by atoms with E-state index in [2.05, 4.69) is 27.0 Å². The van der Waals surface area contributed by atoms with Crippen LogP contribution in [0.3, 0.4) is 0 Å². The molecule has 0 aromatic heterocycles. The summed E-state index contributed by atoms with van der Waals surface area (Å²) in [6, 6.07) is 0. The van der Waals surface area contributed by atoms with Gasteiger partial charge >= 0.3 is 5.97 Å². The van der Waals surface area contributed by atoms with E-state index in [4.69, 9.17) is 23.7 Å². The maximum Gasteiger partial charge on any atom is 0.334 e. The van der Waals surface area contributed by atoms with E-state index in [1.54, 1.807) is 11.8 Å². The van der Waals surface area contributed by atoms with Crippen LogP contribution in [0.5, 0.6) is 0 Å². The number of carbonyl (C=O) groups excluding carboxylic acids is 1. The van der Waals surface area contributed by atoms with Crippen LogP contribution in [-0.2, 0) is 28.5 Å². The molecule has 7 rings (SSSR count). The molecule has 4 heterocycles. The van der Waals surface area contributed by atoms with Crippen molar-refractivity contribution in [1.82, 2.24) is 0 Å². The molecule has 0 amide bonds. The van der Waals surface area contributed by atoms with E-state index < -0.39 is 5.60 Å². The van der Waals surface area contributed by atoms with Crippen molar-refractivity contribution in [2.45, 2.75) is 81.3 Å². The number of carbonyl (C=O) groups is 1. The Labute approximate surface area is 175 Å². The minimum Gasteiger partial charge on any atom is -0.458 e. The maximum absolute atomic E-state index is 12.2. The zero-order valence-corrected chi connectivity index (χ0v) is 18.2. The maximum atomic E-state index is 12.2. The van der Waals surface area contributed by atoms with Gasteiger partial charge in [-0.1, -0.05) is 20.8 Å². The number of ether oxygens (including phenoxy) is 5. The third-order valence-corrected chi connectivity index (χ3v) is 9.79. The average molecular weight is 421 g/mol. The zero-order chi connectivity index (χ0) is 20.0. The Morgan fingerprint density at radius 1 is 1.24 bits per heavy atom. The number of epoxide rings is 3.